The summed E-state index contributed by atoms with van der Waals surface area (Å²) in [7, 11) is 0. The van der Waals surface area contributed by atoms with Gasteiger partial charge in [0.05, 0.1) is 0 Å². The Morgan fingerprint density at radius 1 is 1.35 bits per heavy atom. The van der Waals surface area contributed by atoms with Gasteiger partial charge in [0.25, 0.3) is 0 Å². The summed E-state index contributed by atoms with van der Waals surface area (Å²) in [5.41, 5.74) is 1.02. The molecule has 2 fully saturated rings. The Kier molecular flexibility index (Phi) is 5.79. The summed E-state index contributed by atoms with van der Waals surface area (Å²) in [5, 5.41) is 5.98. The third kappa shape index (κ3) is 4.34. The molecule has 0 atom stereocenters. The Morgan fingerprint density at radius 2 is 2.12 bits per heavy atom. The fourth-order valence-corrected chi connectivity index (χ4v) is 4.28. The van der Waals surface area contributed by atoms with Crippen molar-refractivity contribution in [2.75, 3.05) is 6.54 Å². The molecule has 3 rings (SSSR count). The Hall–Kier alpha value is -2.11. The zero-order valence-corrected chi connectivity index (χ0v) is 15.8. The maximum absolute atomic E-state index is 12.3. The summed E-state index contributed by atoms with van der Waals surface area (Å²) in [4.78, 5) is 30.6. The number of amides is 3. The second-order valence-corrected chi connectivity index (χ2v) is 8.09. The predicted molar refractivity (Wildman–Crippen MR) is 100 cm³/mol. The molecule has 2 aliphatic rings. The highest BCUT2D eigenvalue weighted by Crippen LogP contribution is 2.42. The van der Waals surface area contributed by atoms with E-state index in [1.54, 1.807) is 12.4 Å². The summed E-state index contributed by atoms with van der Waals surface area (Å²) in [6.07, 6.45) is 8.96. The van der Waals surface area contributed by atoms with Crippen molar-refractivity contribution in [1.82, 2.24) is 20.5 Å². The monoisotopic (exact) mass is 358 g/mol. The lowest BCUT2D eigenvalue weighted by molar-refractivity contribution is -0.132. The molecule has 6 heteroatoms. The van der Waals surface area contributed by atoms with Crippen molar-refractivity contribution >= 4 is 11.9 Å². The fraction of sp³-hybridized carbons (Fsp3) is 0.650. The molecule has 2 N–H and O–H groups in total. The van der Waals surface area contributed by atoms with Crippen LogP contribution in [0.3, 0.4) is 0 Å². The van der Waals surface area contributed by atoms with Crippen molar-refractivity contribution in [3.05, 3.63) is 30.1 Å². The number of nitrogens with one attached hydrogen (secondary N) is 2. The van der Waals surface area contributed by atoms with Crippen LogP contribution in [0.1, 0.15) is 57.9 Å². The molecule has 0 aromatic carbocycles. The second kappa shape index (κ2) is 8.06. The first-order valence-corrected chi connectivity index (χ1v) is 9.72. The average molecular weight is 358 g/mol. The highest BCUT2D eigenvalue weighted by Gasteiger charge is 2.47. The first kappa shape index (κ1) is 18.7. The molecule has 1 spiro atoms. The average Bonchev–Trinajstić information content (AvgIpc) is 2.92. The molecule has 6 nitrogen and oxygen atoms in total. The summed E-state index contributed by atoms with van der Waals surface area (Å²) in [6.45, 7) is 5.66. The molecule has 3 amide bonds. The van der Waals surface area contributed by atoms with Crippen molar-refractivity contribution in [2.45, 2.75) is 70.5 Å². The summed E-state index contributed by atoms with van der Waals surface area (Å²) in [5.74, 6) is 0.794. The maximum atomic E-state index is 12.3. The number of hydrogen-bond donors (Lipinski definition) is 2. The third-order valence-corrected chi connectivity index (χ3v) is 5.65. The zero-order chi connectivity index (χ0) is 18.6. The highest BCUT2D eigenvalue weighted by molar-refractivity contribution is 5.79. The van der Waals surface area contributed by atoms with Crippen LogP contribution in [0.4, 0.5) is 4.79 Å². The van der Waals surface area contributed by atoms with Crippen molar-refractivity contribution in [1.29, 1.82) is 0 Å². The van der Waals surface area contributed by atoms with Crippen LogP contribution >= 0.6 is 0 Å². The minimum absolute atomic E-state index is 0.0334. The van der Waals surface area contributed by atoms with Crippen LogP contribution in [-0.2, 0) is 11.3 Å². The number of rotatable bonds is 5. The smallest absolute Gasteiger partial charge is 0.315 e. The number of likely N-dealkylation sites (tertiary alicyclic amines) is 1. The lowest BCUT2D eigenvalue weighted by Crippen LogP contribution is -2.53. The Morgan fingerprint density at radius 3 is 2.77 bits per heavy atom. The summed E-state index contributed by atoms with van der Waals surface area (Å²) in [6, 6.07) is 3.86. The van der Waals surface area contributed by atoms with E-state index < -0.39 is 0 Å². The van der Waals surface area contributed by atoms with Gasteiger partial charge in [0.1, 0.15) is 0 Å². The molecule has 1 aromatic heterocycles. The lowest BCUT2D eigenvalue weighted by Gasteiger charge is -2.44. The van der Waals surface area contributed by atoms with Crippen LogP contribution in [0.5, 0.6) is 0 Å². The van der Waals surface area contributed by atoms with E-state index in [1.807, 2.05) is 12.1 Å². The molecule has 0 radical (unpaired) electrons. The van der Waals surface area contributed by atoms with Crippen molar-refractivity contribution in [2.24, 2.45) is 5.92 Å². The van der Waals surface area contributed by atoms with Gasteiger partial charge >= 0.3 is 6.03 Å². The van der Waals surface area contributed by atoms with Gasteiger partial charge in [-0.3, -0.25) is 9.78 Å². The Bertz CT molecular complexity index is 624. The van der Waals surface area contributed by atoms with E-state index in [9.17, 15) is 9.59 Å². The molecule has 142 valence electrons. The van der Waals surface area contributed by atoms with Crippen molar-refractivity contribution < 1.29 is 9.59 Å². The molecule has 2 heterocycles. The fourth-order valence-electron chi connectivity index (χ4n) is 4.28. The SMILES string of the molecule is CC(C)CN1C(=O)CCC12CCC(NC(=O)NCc1cccnc1)CC2. The van der Waals surface area contributed by atoms with Gasteiger partial charge in [-0.25, -0.2) is 4.79 Å². The number of carbonyl (C=O) groups is 2. The number of pyridine rings is 1. The van der Waals surface area contributed by atoms with Gasteiger partial charge in [-0.05, 0) is 49.7 Å². The molecular formula is C20H30N4O2. The van der Waals surface area contributed by atoms with Crippen molar-refractivity contribution in [3.8, 4) is 0 Å². The standard InChI is InChI=1S/C20H30N4O2/c1-15(2)14-24-18(25)7-10-20(24)8-5-17(6-9-20)23-19(26)22-13-16-4-3-11-21-12-16/h3-4,11-12,15,17H,5-10,13-14H2,1-2H3,(H2,22,23,26). The van der Waals surface area contributed by atoms with Gasteiger partial charge < -0.3 is 15.5 Å². The van der Waals surface area contributed by atoms with Gasteiger partial charge in [-0.1, -0.05) is 19.9 Å². The van der Waals surface area contributed by atoms with Gasteiger partial charge in [0, 0.05) is 43.5 Å². The van der Waals surface area contributed by atoms with Crippen LogP contribution in [0.2, 0.25) is 0 Å². The van der Waals surface area contributed by atoms with Gasteiger partial charge in [0.2, 0.25) is 5.91 Å². The quantitative estimate of drug-likeness (QED) is 0.850. The minimum Gasteiger partial charge on any atom is -0.337 e. The number of carbonyl (C=O) groups excluding carboxylic acids is 2. The molecule has 1 saturated carbocycles. The number of nitrogens with zero attached hydrogens (tertiary/aromatic N) is 2. The lowest BCUT2D eigenvalue weighted by atomic mass is 9.77. The van der Waals surface area contributed by atoms with Gasteiger partial charge in [-0.2, -0.15) is 0 Å². The van der Waals surface area contributed by atoms with E-state index in [1.165, 1.54) is 0 Å². The molecule has 1 aliphatic carbocycles. The van der Waals surface area contributed by atoms with Gasteiger partial charge in [0.15, 0.2) is 0 Å². The maximum Gasteiger partial charge on any atom is 0.315 e. The van der Waals surface area contributed by atoms with Crippen LogP contribution in [0.15, 0.2) is 24.5 Å². The normalized spacial score (nSPS) is 25.7. The minimum atomic E-state index is -0.128. The number of urea groups is 1. The van der Waals surface area contributed by atoms with E-state index in [-0.39, 0.29) is 17.6 Å². The highest BCUT2D eigenvalue weighted by atomic mass is 16.2. The molecular weight excluding hydrogens is 328 g/mol. The van der Waals surface area contributed by atoms with Crippen LogP contribution < -0.4 is 10.6 Å². The van der Waals surface area contributed by atoms with E-state index in [4.69, 9.17) is 0 Å². The Balaban J connectivity index is 1.47. The predicted octanol–water partition coefficient (Wildman–Crippen LogP) is 2.84. The van der Waals surface area contributed by atoms with Gasteiger partial charge in [-0.15, -0.1) is 0 Å². The van der Waals surface area contributed by atoms with E-state index in [0.29, 0.717) is 24.8 Å². The van der Waals surface area contributed by atoms with E-state index in [0.717, 1.165) is 44.2 Å². The first-order valence-electron chi connectivity index (χ1n) is 9.72. The molecule has 1 aliphatic heterocycles. The number of aromatic nitrogens is 1. The molecule has 0 unspecified atom stereocenters. The van der Waals surface area contributed by atoms with E-state index >= 15 is 0 Å². The van der Waals surface area contributed by atoms with Crippen LogP contribution in [0, 0.1) is 5.92 Å². The summed E-state index contributed by atoms with van der Waals surface area (Å²) >= 11 is 0. The largest absolute Gasteiger partial charge is 0.337 e. The molecule has 1 aromatic rings. The Labute approximate surface area is 155 Å². The summed E-state index contributed by atoms with van der Waals surface area (Å²) < 4.78 is 0. The molecule has 26 heavy (non-hydrogen) atoms. The zero-order valence-electron chi connectivity index (χ0n) is 15.8. The first-order chi connectivity index (χ1) is 12.5. The van der Waals surface area contributed by atoms with Crippen molar-refractivity contribution in [3.63, 3.8) is 0 Å². The third-order valence-electron chi connectivity index (χ3n) is 5.65. The molecule has 0 bridgehead atoms. The second-order valence-electron chi connectivity index (χ2n) is 8.09. The topological polar surface area (TPSA) is 74.3 Å². The number of hydrogen-bond acceptors (Lipinski definition) is 3. The van der Waals surface area contributed by atoms with Crippen LogP contribution in [-0.4, -0.2) is 39.9 Å². The molecule has 1 saturated heterocycles. The van der Waals surface area contributed by atoms with E-state index in [2.05, 4.69) is 34.4 Å². The van der Waals surface area contributed by atoms with Crippen LogP contribution in [0.25, 0.3) is 0 Å².